The number of esters is 2. The van der Waals surface area contributed by atoms with E-state index in [1.54, 1.807) is 0 Å². The number of aliphatic hydroxyl groups is 2. The van der Waals surface area contributed by atoms with Gasteiger partial charge in [0.1, 0.15) is 37.9 Å². The second-order valence-electron chi connectivity index (χ2n) is 12.5. The van der Waals surface area contributed by atoms with Gasteiger partial charge in [-0.15, -0.1) is 0 Å². The van der Waals surface area contributed by atoms with Crippen LogP contribution in [0.25, 0.3) is 0 Å². The predicted molar refractivity (Wildman–Crippen MR) is 211 cm³/mol. The van der Waals surface area contributed by atoms with Crippen molar-refractivity contribution in [1.29, 1.82) is 0 Å². The summed E-state index contributed by atoms with van der Waals surface area (Å²) in [5.41, 5.74) is 1.36. The van der Waals surface area contributed by atoms with Gasteiger partial charge in [0.15, 0.2) is 0 Å². The van der Waals surface area contributed by atoms with Crippen LogP contribution >= 0.6 is 0 Å². The normalized spacial score (nSPS) is 10.2. The van der Waals surface area contributed by atoms with Crippen LogP contribution in [-0.2, 0) is 24.5 Å². The number of aliphatic hydroxyl groups excluding tert-OH is 2. The molecule has 59 heavy (non-hydrogen) atoms. The Hall–Kier alpha value is -7.30. The zero-order chi connectivity index (χ0) is 44.1. The lowest BCUT2D eigenvalue weighted by Crippen LogP contribution is -2.19. The number of aromatic carboxylic acids is 4. The average molecular weight is 817 g/mol. The monoisotopic (exact) mass is 816 g/mol. The van der Waals surface area contributed by atoms with Gasteiger partial charge in [0.25, 0.3) is 0 Å². The summed E-state index contributed by atoms with van der Waals surface area (Å²) in [7, 11) is 0. The molecule has 16 nitrogen and oxygen atoms in total. The average Bonchev–Trinajstić information content (AvgIpc) is 3.23. The fraction of sp³-hybridized carbons (Fsp3) is 0.209. The van der Waals surface area contributed by atoms with Crippen molar-refractivity contribution in [2.75, 3.05) is 39.6 Å². The predicted octanol–water partition coefficient (Wildman–Crippen LogP) is 5.12. The summed E-state index contributed by atoms with van der Waals surface area (Å²) in [6.07, 6.45) is 0. The fourth-order valence-corrected chi connectivity index (χ4v) is 4.75. The van der Waals surface area contributed by atoms with E-state index in [9.17, 15) is 28.8 Å². The summed E-state index contributed by atoms with van der Waals surface area (Å²) >= 11 is 0. The Morgan fingerprint density at radius 1 is 0.492 bits per heavy atom. The van der Waals surface area contributed by atoms with Gasteiger partial charge in [-0.25, -0.2) is 28.8 Å². The largest absolute Gasteiger partial charge is 0.489 e. The van der Waals surface area contributed by atoms with Crippen LogP contribution in [0.2, 0.25) is 0 Å². The topological polar surface area (TPSA) is 261 Å². The quantitative estimate of drug-likeness (QED) is 0.0562. The SMILES string of the molecule is C=C(COc1ccc(C(C)(C)c2ccc(OCC(=C)C(=O)OCCO)cc2)cc1)C(=O)OCCO.O=C(O)c1ccccc1C(=O)O.O=C(O)c1ccccc1C(=O)O. The van der Waals surface area contributed by atoms with Crippen molar-refractivity contribution in [3.63, 3.8) is 0 Å². The molecule has 0 saturated carbocycles. The number of carbonyl (C=O) groups is 6. The lowest BCUT2D eigenvalue weighted by atomic mass is 9.78. The third-order valence-electron chi connectivity index (χ3n) is 7.98. The van der Waals surface area contributed by atoms with Crippen molar-refractivity contribution in [3.8, 4) is 11.5 Å². The zero-order valence-corrected chi connectivity index (χ0v) is 32.2. The van der Waals surface area contributed by atoms with E-state index in [0.29, 0.717) is 11.5 Å². The first-order valence-electron chi connectivity index (χ1n) is 17.4. The highest BCUT2D eigenvalue weighted by Crippen LogP contribution is 2.33. The number of hydrogen-bond donors (Lipinski definition) is 6. The molecule has 4 rings (SSSR count). The molecule has 0 aliphatic heterocycles. The lowest BCUT2D eigenvalue weighted by Gasteiger charge is -2.26. The molecule has 0 bridgehead atoms. The van der Waals surface area contributed by atoms with Gasteiger partial charge in [0.05, 0.1) is 46.6 Å². The van der Waals surface area contributed by atoms with Gasteiger partial charge in [0, 0.05) is 5.41 Å². The minimum absolute atomic E-state index is 0.0138. The third-order valence-corrected chi connectivity index (χ3v) is 7.98. The smallest absolute Gasteiger partial charge is 0.336 e. The van der Waals surface area contributed by atoms with Crippen molar-refractivity contribution in [1.82, 2.24) is 0 Å². The highest BCUT2D eigenvalue weighted by Gasteiger charge is 2.23. The standard InChI is InChI=1S/C27H32O8.2C8H6O4/c1-19(25(30)32-15-13-28)17-34-23-9-5-21(6-10-23)27(3,4)22-7-11-24(12-8-22)35-18-20(2)26(31)33-16-14-29;2*9-7(10)5-3-1-2-4-6(5)8(11)12/h5-12,28-29H,1-2,13-18H2,3-4H3;2*1-4H,(H,9,10)(H,11,12). The minimum Gasteiger partial charge on any atom is -0.489 e. The Kier molecular flexibility index (Phi) is 19.2. The number of hydrogen-bond acceptors (Lipinski definition) is 12. The van der Waals surface area contributed by atoms with Crippen molar-refractivity contribution in [2.45, 2.75) is 19.3 Å². The van der Waals surface area contributed by atoms with Gasteiger partial charge >= 0.3 is 35.8 Å². The Morgan fingerprint density at radius 3 is 1.00 bits per heavy atom. The van der Waals surface area contributed by atoms with E-state index in [-0.39, 0.29) is 78.5 Å². The lowest BCUT2D eigenvalue weighted by molar-refractivity contribution is -0.141. The molecule has 0 heterocycles. The van der Waals surface area contributed by atoms with Crippen molar-refractivity contribution in [3.05, 3.63) is 155 Å². The maximum atomic E-state index is 11.7. The molecule has 312 valence electrons. The molecule has 4 aromatic carbocycles. The van der Waals surface area contributed by atoms with Crippen molar-refractivity contribution >= 4 is 35.8 Å². The highest BCUT2D eigenvalue weighted by atomic mass is 16.5. The maximum Gasteiger partial charge on any atom is 0.336 e. The Morgan fingerprint density at radius 2 is 0.763 bits per heavy atom. The van der Waals surface area contributed by atoms with Crippen LogP contribution in [0.1, 0.15) is 66.4 Å². The number of carboxylic acid groups (broad SMARTS) is 4. The van der Waals surface area contributed by atoms with E-state index in [4.69, 9.17) is 49.6 Å². The van der Waals surface area contributed by atoms with Crippen LogP contribution in [-0.4, -0.2) is 106 Å². The second kappa shape index (κ2) is 23.7. The first-order valence-corrected chi connectivity index (χ1v) is 17.4. The summed E-state index contributed by atoms with van der Waals surface area (Å²) in [6, 6.07) is 26.1. The van der Waals surface area contributed by atoms with Crippen LogP contribution in [0.15, 0.2) is 121 Å². The number of carbonyl (C=O) groups excluding carboxylic acids is 2. The van der Waals surface area contributed by atoms with E-state index in [1.165, 1.54) is 48.5 Å². The molecule has 0 aromatic heterocycles. The summed E-state index contributed by atoms with van der Waals surface area (Å²) in [5, 5.41) is 51.6. The number of carboxylic acids is 4. The van der Waals surface area contributed by atoms with Crippen LogP contribution in [0.5, 0.6) is 11.5 Å². The molecule has 4 aromatic rings. The first-order chi connectivity index (χ1) is 27.9. The summed E-state index contributed by atoms with van der Waals surface area (Å²) < 4.78 is 20.8. The van der Waals surface area contributed by atoms with E-state index >= 15 is 0 Å². The maximum absolute atomic E-state index is 11.7. The minimum atomic E-state index is -1.23. The van der Waals surface area contributed by atoms with Crippen LogP contribution < -0.4 is 9.47 Å². The molecule has 0 radical (unpaired) electrons. The number of ether oxygens (including phenoxy) is 4. The highest BCUT2D eigenvalue weighted by molar-refractivity contribution is 6.02. The molecular weight excluding hydrogens is 772 g/mol. The van der Waals surface area contributed by atoms with Crippen LogP contribution in [0.4, 0.5) is 0 Å². The third kappa shape index (κ3) is 15.3. The Labute approximate surface area is 338 Å². The molecule has 0 atom stereocenters. The molecule has 0 unspecified atom stereocenters. The summed E-state index contributed by atoms with van der Waals surface area (Å²) in [5.74, 6) is -4.95. The molecule has 0 spiro atoms. The van der Waals surface area contributed by atoms with Gasteiger partial charge in [-0.05, 0) is 59.7 Å². The van der Waals surface area contributed by atoms with E-state index in [1.807, 2.05) is 48.5 Å². The number of rotatable bonds is 18. The number of benzene rings is 4. The molecular formula is C43H44O16. The Balaban J connectivity index is 0.000000402. The molecule has 0 amide bonds. The zero-order valence-electron chi connectivity index (χ0n) is 32.2. The fourth-order valence-electron chi connectivity index (χ4n) is 4.75. The van der Waals surface area contributed by atoms with E-state index in [2.05, 4.69) is 27.0 Å². The molecule has 0 fully saturated rings. The molecule has 16 heteroatoms. The van der Waals surface area contributed by atoms with Gasteiger partial charge in [0.2, 0.25) is 0 Å². The van der Waals surface area contributed by atoms with Crippen LogP contribution in [0.3, 0.4) is 0 Å². The van der Waals surface area contributed by atoms with Gasteiger partial charge in [-0.3, -0.25) is 0 Å². The van der Waals surface area contributed by atoms with Crippen LogP contribution in [0, 0.1) is 0 Å². The molecule has 6 N–H and O–H groups in total. The van der Waals surface area contributed by atoms with E-state index < -0.39 is 35.8 Å². The molecule has 0 aliphatic carbocycles. The van der Waals surface area contributed by atoms with E-state index in [0.717, 1.165) is 11.1 Å². The first kappa shape index (κ1) is 47.9. The summed E-state index contributed by atoms with van der Waals surface area (Å²) in [4.78, 5) is 65.2. The van der Waals surface area contributed by atoms with Crippen molar-refractivity contribution in [2.24, 2.45) is 0 Å². The molecule has 0 saturated heterocycles. The second-order valence-corrected chi connectivity index (χ2v) is 12.5. The van der Waals surface area contributed by atoms with Gasteiger partial charge in [-0.2, -0.15) is 0 Å². The van der Waals surface area contributed by atoms with Crippen molar-refractivity contribution < 1.29 is 78.4 Å². The summed E-state index contributed by atoms with van der Waals surface area (Å²) in [6.45, 7) is 10.8. The molecule has 0 aliphatic rings. The van der Waals surface area contributed by atoms with Gasteiger partial charge in [-0.1, -0.05) is 75.5 Å². The Bertz CT molecular complexity index is 1890. The van der Waals surface area contributed by atoms with Gasteiger partial charge < -0.3 is 49.6 Å².